The normalized spacial score (nSPS) is 15.6. The quantitative estimate of drug-likeness (QED) is 0.525. The van der Waals surface area contributed by atoms with Gasteiger partial charge in [-0.1, -0.05) is 29.5 Å². The standard InChI is InChI=1S/C25H28FN5O3/c1-3-34-22-6-4-5-19(11-22)14-30-15-20(12-23(30)32)13-27-25(33)24-17(2)31(29-28-24)16-18-7-9-21(26)10-8-18/h4-11,20H,3,12-16H2,1-2H3,(H,27,33). The average Bonchev–Trinajstić information content (AvgIpc) is 3.36. The fourth-order valence-electron chi connectivity index (χ4n) is 4.07. The van der Waals surface area contributed by atoms with Crippen LogP contribution >= 0.6 is 0 Å². The number of aromatic nitrogens is 3. The van der Waals surface area contributed by atoms with Crippen LogP contribution in [0.4, 0.5) is 4.39 Å². The Morgan fingerprint density at radius 2 is 1.97 bits per heavy atom. The van der Waals surface area contributed by atoms with Crippen molar-refractivity contribution in [2.75, 3.05) is 19.7 Å². The van der Waals surface area contributed by atoms with Crippen LogP contribution in [0.1, 0.15) is 40.7 Å². The van der Waals surface area contributed by atoms with Crippen molar-refractivity contribution in [3.8, 4) is 5.75 Å². The first-order chi connectivity index (χ1) is 16.4. The second-order valence-electron chi connectivity index (χ2n) is 8.44. The number of hydrogen-bond donors (Lipinski definition) is 1. The molecule has 1 fully saturated rings. The number of carbonyl (C=O) groups is 2. The number of likely N-dealkylation sites (tertiary alicyclic amines) is 1. The monoisotopic (exact) mass is 465 g/mol. The minimum atomic E-state index is -0.321. The molecule has 1 atom stereocenters. The van der Waals surface area contributed by atoms with E-state index in [-0.39, 0.29) is 29.2 Å². The first kappa shape index (κ1) is 23.4. The molecule has 0 radical (unpaired) electrons. The maximum atomic E-state index is 13.1. The number of halogens is 1. The van der Waals surface area contributed by atoms with Gasteiger partial charge in [0.25, 0.3) is 5.91 Å². The van der Waals surface area contributed by atoms with E-state index in [1.54, 1.807) is 23.7 Å². The SMILES string of the molecule is CCOc1cccc(CN2CC(CNC(=O)c3nnn(Cc4ccc(F)cc4)c3C)CC2=O)c1. The summed E-state index contributed by atoms with van der Waals surface area (Å²) in [5, 5.41) is 11.0. The van der Waals surface area contributed by atoms with E-state index in [0.29, 0.717) is 44.9 Å². The number of ether oxygens (including phenoxy) is 1. The maximum Gasteiger partial charge on any atom is 0.273 e. The molecule has 2 aromatic carbocycles. The lowest BCUT2D eigenvalue weighted by molar-refractivity contribution is -0.128. The molecule has 1 unspecified atom stereocenters. The van der Waals surface area contributed by atoms with Gasteiger partial charge in [-0.2, -0.15) is 0 Å². The van der Waals surface area contributed by atoms with E-state index in [4.69, 9.17) is 4.74 Å². The molecule has 9 heteroatoms. The Labute approximate surface area is 197 Å². The van der Waals surface area contributed by atoms with Gasteiger partial charge in [0.05, 0.1) is 18.8 Å². The zero-order valence-corrected chi connectivity index (χ0v) is 19.3. The van der Waals surface area contributed by atoms with Gasteiger partial charge in [0.2, 0.25) is 5.91 Å². The van der Waals surface area contributed by atoms with E-state index in [9.17, 15) is 14.0 Å². The van der Waals surface area contributed by atoms with Gasteiger partial charge in [0.15, 0.2) is 5.69 Å². The maximum absolute atomic E-state index is 13.1. The van der Waals surface area contributed by atoms with Crippen LogP contribution in [0.5, 0.6) is 5.75 Å². The molecule has 4 rings (SSSR count). The second-order valence-corrected chi connectivity index (χ2v) is 8.44. The largest absolute Gasteiger partial charge is 0.494 e. The van der Waals surface area contributed by atoms with Gasteiger partial charge < -0.3 is 15.0 Å². The summed E-state index contributed by atoms with van der Waals surface area (Å²) in [6, 6.07) is 13.9. The Kier molecular flexibility index (Phi) is 7.20. The topological polar surface area (TPSA) is 89.3 Å². The molecule has 1 aromatic heterocycles. The molecule has 2 amide bonds. The van der Waals surface area contributed by atoms with Gasteiger partial charge in [-0.15, -0.1) is 5.10 Å². The summed E-state index contributed by atoms with van der Waals surface area (Å²) in [4.78, 5) is 27.0. The zero-order valence-electron chi connectivity index (χ0n) is 19.3. The summed E-state index contributed by atoms with van der Waals surface area (Å²) < 4.78 is 20.3. The molecular formula is C25H28FN5O3. The van der Waals surface area contributed by atoms with E-state index in [0.717, 1.165) is 16.9 Å². The van der Waals surface area contributed by atoms with Crippen LogP contribution in [0.15, 0.2) is 48.5 Å². The van der Waals surface area contributed by atoms with Crippen molar-refractivity contribution in [3.05, 3.63) is 76.9 Å². The van der Waals surface area contributed by atoms with E-state index in [1.165, 1.54) is 12.1 Å². The number of amides is 2. The Balaban J connectivity index is 1.30. The second kappa shape index (κ2) is 10.5. The van der Waals surface area contributed by atoms with Gasteiger partial charge in [0.1, 0.15) is 11.6 Å². The number of rotatable bonds is 9. The molecule has 8 nitrogen and oxygen atoms in total. The highest BCUT2D eigenvalue weighted by molar-refractivity contribution is 5.93. The summed E-state index contributed by atoms with van der Waals surface area (Å²) in [5.74, 6) is 0.266. The number of nitrogens with zero attached hydrogens (tertiary/aromatic N) is 4. The minimum absolute atomic E-state index is 0.0288. The van der Waals surface area contributed by atoms with Gasteiger partial charge >= 0.3 is 0 Å². The van der Waals surface area contributed by atoms with E-state index in [2.05, 4.69) is 15.6 Å². The molecule has 0 aliphatic carbocycles. The molecule has 178 valence electrons. The third-order valence-electron chi connectivity index (χ3n) is 5.87. The molecule has 2 heterocycles. The summed E-state index contributed by atoms with van der Waals surface area (Å²) in [5.41, 5.74) is 2.74. The average molecular weight is 466 g/mol. The molecule has 0 saturated carbocycles. The van der Waals surface area contributed by atoms with Crippen molar-refractivity contribution in [3.63, 3.8) is 0 Å². The van der Waals surface area contributed by atoms with Crippen LogP contribution in [-0.4, -0.2) is 51.4 Å². The molecule has 1 saturated heterocycles. The fraction of sp³-hybridized carbons (Fsp3) is 0.360. The van der Waals surface area contributed by atoms with Gasteiger partial charge in [-0.25, -0.2) is 9.07 Å². The van der Waals surface area contributed by atoms with Crippen LogP contribution in [0.25, 0.3) is 0 Å². The van der Waals surface area contributed by atoms with Crippen molar-refractivity contribution >= 4 is 11.8 Å². The number of carbonyl (C=O) groups excluding carboxylic acids is 2. The number of nitrogens with one attached hydrogen (secondary N) is 1. The van der Waals surface area contributed by atoms with Crippen molar-refractivity contribution < 1.29 is 18.7 Å². The molecule has 34 heavy (non-hydrogen) atoms. The molecule has 3 aromatic rings. The molecule has 0 bridgehead atoms. The van der Waals surface area contributed by atoms with Crippen molar-refractivity contribution in [2.24, 2.45) is 5.92 Å². The number of hydrogen-bond acceptors (Lipinski definition) is 5. The van der Waals surface area contributed by atoms with E-state index < -0.39 is 0 Å². The van der Waals surface area contributed by atoms with Gasteiger partial charge in [0, 0.05) is 32.0 Å². The lowest BCUT2D eigenvalue weighted by Gasteiger charge is -2.17. The van der Waals surface area contributed by atoms with Crippen molar-refractivity contribution in [1.29, 1.82) is 0 Å². The Morgan fingerprint density at radius 1 is 1.18 bits per heavy atom. The predicted octanol–water partition coefficient (Wildman–Crippen LogP) is 2.95. The van der Waals surface area contributed by atoms with Gasteiger partial charge in [-0.05, 0) is 49.2 Å². The first-order valence-electron chi connectivity index (χ1n) is 11.3. The van der Waals surface area contributed by atoms with Crippen LogP contribution in [0.2, 0.25) is 0 Å². The fourth-order valence-corrected chi connectivity index (χ4v) is 4.07. The Bertz CT molecular complexity index is 1160. The van der Waals surface area contributed by atoms with E-state index in [1.807, 2.05) is 36.1 Å². The first-order valence-corrected chi connectivity index (χ1v) is 11.3. The predicted molar refractivity (Wildman–Crippen MR) is 124 cm³/mol. The smallest absolute Gasteiger partial charge is 0.273 e. The van der Waals surface area contributed by atoms with Crippen LogP contribution < -0.4 is 10.1 Å². The molecule has 1 aliphatic rings. The summed E-state index contributed by atoms with van der Waals surface area (Å²) in [6.07, 6.45) is 0.391. The molecular weight excluding hydrogens is 437 g/mol. The zero-order chi connectivity index (χ0) is 24.1. The van der Waals surface area contributed by atoms with E-state index >= 15 is 0 Å². The summed E-state index contributed by atoms with van der Waals surface area (Å²) >= 11 is 0. The van der Waals surface area contributed by atoms with Crippen LogP contribution in [0, 0.1) is 18.7 Å². The highest BCUT2D eigenvalue weighted by Crippen LogP contribution is 2.22. The summed E-state index contributed by atoms with van der Waals surface area (Å²) in [7, 11) is 0. The molecule has 1 aliphatic heterocycles. The molecule has 1 N–H and O–H groups in total. The number of benzene rings is 2. The van der Waals surface area contributed by atoms with Crippen molar-refractivity contribution in [2.45, 2.75) is 33.4 Å². The Hall–Kier alpha value is -3.75. The van der Waals surface area contributed by atoms with Crippen LogP contribution in [-0.2, 0) is 17.9 Å². The van der Waals surface area contributed by atoms with Gasteiger partial charge in [-0.3, -0.25) is 9.59 Å². The Morgan fingerprint density at radius 3 is 2.74 bits per heavy atom. The van der Waals surface area contributed by atoms with Crippen molar-refractivity contribution in [1.82, 2.24) is 25.2 Å². The highest BCUT2D eigenvalue weighted by atomic mass is 19.1. The third-order valence-corrected chi connectivity index (χ3v) is 5.87. The van der Waals surface area contributed by atoms with Crippen LogP contribution in [0.3, 0.4) is 0 Å². The third kappa shape index (κ3) is 5.59. The summed E-state index contributed by atoms with van der Waals surface area (Å²) in [6.45, 7) is 6.16. The highest BCUT2D eigenvalue weighted by Gasteiger charge is 2.30. The lowest BCUT2D eigenvalue weighted by Crippen LogP contribution is -2.31. The molecule has 0 spiro atoms. The lowest BCUT2D eigenvalue weighted by atomic mass is 10.1. The minimum Gasteiger partial charge on any atom is -0.494 e.